The molecule has 0 radical (unpaired) electrons. The second kappa shape index (κ2) is 5.66. The number of amides is 1. The number of carbonyl (C=O) groups excluding carboxylic acids is 2. The largest absolute Gasteiger partial charge is 0.360 e. The first-order valence-electron chi connectivity index (χ1n) is 5.98. The van der Waals surface area contributed by atoms with E-state index in [0.717, 1.165) is 15.2 Å². The van der Waals surface area contributed by atoms with Crippen molar-refractivity contribution in [2.45, 2.75) is 4.34 Å². The molecule has 0 spiro atoms. The molecule has 21 heavy (non-hydrogen) atoms. The maximum Gasteiger partial charge on any atom is 0.298 e. The zero-order chi connectivity index (χ0) is 14.8. The first-order valence-corrected chi connectivity index (χ1v) is 8.02. The van der Waals surface area contributed by atoms with Crippen LogP contribution in [0.15, 0.2) is 34.8 Å². The van der Waals surface area contributed by atoms with E-state index >= 15 is 0 Å². The van der Waals surface area contributed by atoms with E-state index in [2.05, 4.69) is 20.5 Å². The van der Waals surface area contributed by atoms with Gasteiger partial charge >= 0.3 is 0 Å². The van der Waals surface area contributed by atoms with Crippen LogP contribution in [0.25, 0.3) is 10.9 Å². The number of para-hydroxylation sites is 1. The van der Waals surface area contributed by atoms with E-state index in [1.165, 1.54) is 23.1 Å². The number of nitrogens with zero attached hydrogens (tertiary/aromatic N) is 2. The van der Waals surface area contributed by atoms with Gasteiger partial charge in [-0.3, -0.25) is 14.9 Å². The van der Waals surface area contributed by atoms with E-state index < -0.39 is 11.7 Å². The highest BCUT2D eigenvalue weighted by Gasteiger charge is 2.21. The van der Waals surface area contributed by atoms with Crippen molar-refractivity contribution in [3.05, 3.63) is 36.0 Å². The summed E-state index contributed by atoms with van der Waals surface area (Å²) in [6, 6.07) is 7.32. The number of ketones is 1. The molecule has 0 saturated heterocycles. The molecule has 2 N–H and O–H groups in total. The highest BCUT2D eigenvalue weighted by atomic mass is 32.2. The predicted molar refractivity (Wildman–Crippen MR) is 82.9 cm³/mol. The minimum Gasteiger partial charge on any atom is -0.360 e. The van der Waals surface area contributed by atoms with Crippen molar-refractivity contribution < 1.29 is 9.59 Å². The molecule has 3 aromatic rings. The van der Waals surface area contributed by atoms with E-state index in [9.17, 15) is 9.59 Å². The smallest absolute Gasteiger partial charge is 0.298 e. The maximum absolute atomic E-state index is 12.2. The summed E-state index contributed by atoms with van der Waals surface area (Å²) in [4.78, 5) is 27.2. The fourth-order valence-corrected chi connectivity index (χ4v) is 3.04. The number of fused-ring (bicyclic) bond motifs is 1. The molecule has 6 nitrogen and oxygen atoms in total. The molecular weight excluding hydrogens is 308 g/mol. The standard InChI is InChI=1S/C13H10N4O2S2/c1-20-13-17-16-12(21-13)15-11(19)10(18)8-6-14-9-5-3-2-4-7(8)9/h2-6,14H,1H3,(H,15,16,19). The summed E-state index contributed by atoms with van der Waals surface area (Å²) in [6.45, 7) is 0. The summed E-state index contributed by atoms with van der Waals surface area (Å²) in [5, 5.41) is 11.2. The van der Waals surface area contributed by atoms with Crippen LogP contribution < -0.4 is 5.32 Å². The molecule has 0 aliphatic carbocycles. The number of benzene rings is 1. The molecule has 0 aliphatic heterocycles. The molecule has 1 aromatic carbocycles. The first kappa shape index (κ1) is 13.8. The predicted octanol–water partition coefficient (Wildman–Crippen LogP) is 2.56. The molecular formula is C13H10N4O2S2. The summed E-state index contributed by atoms with van der Waals surface area (Å²) in [7, 11) is 0. The van der Waals surface area contributed by atoms with Crippen molar-refractivity contribution in [2.24, 2.45) is 0 Å². The molecule has 1 amide bonds. The van der Waals surface area contributed by atoms with E-state index in [-0.39, 0.29) is 0 Å². The molecule has 0 atom stereocenters. The monoisotopic (exact) mass is 318 g/mol. The first-order chi connectivity index (χ1) is 10.2. The summed E-state index contributed by atoms with van der Waals surface area (Å²) in [5.74, 6) is -1.32. The van der Waals surface area contributed by atoms with Crippen molar-refractivity contribution in [1.82, 2.24) is 15.2 Å². The molecule has 0 unspecified atom stereocenters. The number of hydrogen-bond acceptors (Lipinski definition) is 6. The molecule has 0 fully saturated rings. The Bertz CT molecular complexity index is 824. The summed E-state index contributed by atoms with van der Waals surface area (Å²) in [6.07, 6.45) is 3.41. The van der Waals surface area contributed by atoms with Gasteiger partial charge < -0.3 is 4.98 Å². The molecule has 0 aliphatic rings. The Morgan fingerprint density at radius 3 is 2.86 bits per heavy atom. The van der Waals surface area contributed by atoms with E-state index in [4.69, 9.17) is 0 Å². The van der Waals surface area contributed by atoms with E-state index in [1.54, 1.807) is 12.3 Å². The van der Waals surface area contributed by atoms with Gasteiger partial charge in [0.25, 0.3) is 11.7 Å². The number of H-pyrrole nitrogens is 1. The van der Waals surface area contributed by atoms with E-state index in [1.807, 2.05) is 24.5 Å². The number of hydrogen-bond donors (Lipinski definition) is 2. The minimum absolute atomic E-state index is 0.317. The number of anilines is 1. The average Bonchev–Trinajstić information content (AvgIpc) is 3.12. The number of aromatic amines is 1. The molecule has 106 valence electrons. The lowest BCUT2D eigenvalue weighted by Gasteiger charge is -1.99. The number of thioether (sulfide) groups is 1. The minimum atomic E-state index is -0.719. The highest BCUT2D eigenvalue weighted by Crippen LogP contribution is 2.24. The van der Waals surface area contributed by atoms with Crippen LogP contribution in [0.3, 0.4) is 0 Å². The van der Waals surface area contributed by atoms with Gasteiger partial charge in [-0.1, -0.05) is 41.3 Å². The van der Waals surface area contributed by atoms with Gasteiger partial charge in [0, 0.05) is 17.1 Å². The highest BCUT2D eigenvalue weighted by molar-refractivity contribution is 8.00. The van der Waals surface area contributed by atoms with Gasteiger partial charge in [0.05, 0.1) is 5.56 Å². The second-order valence-corrected chi connectivity index (χ2v) is 6.14. The van der Waals surface area contributed by atoms with Gasteiger partial charge in [0.2, 0.25) is 5.13 Å². The average molecular weight is 318 g/mol. The van der Waals surface area contributed by atoms with Crippen LogP contribution in [0.5, 0.6) is 0 Å². The molecule has 2 aromatic heterocycles. The molecule has 8 heteroatoms. The van der Waals surface area contributed by atoms with Crippen LogP contribution >= 0.6 is 23.1 Å². The third-order valence-corrected chi connectivity index (χ3v) is 4.66. The van der Waals surface area contributed by atoms with Crippen molar-refractivity contribution in [3.8, 4) is 0 Å². The number of nitrogens with one attached hydrogen (secondary N) is 2. The van der Waals surface area contributed by atoms with Crippen LogP contribution in [0.1, 0.15) is 10.4 Å². The topological polar surface area (TPSA) is 87.7 Å². The Morgan fingerprint density at radius 2 is 2.10 bits per heavy atom. The Labute approximate surface area is 128 Å². The van der Waals surface area contributed by atoms with Gasteiger partial charge in [-0.25, -0.2) is 0 Å². The summed E-state index contributed by atoms with van der Waals surface area (Å²) < 4.78 is 0.727. The van der Waals surface area contributed by atoms with Gasteiger partial charge in [-0.15, -0.1) is 10.2 Å². The number of rotatable bonds is 4. The summed E-state index contributed by atoms with van der Waals surface area (Å²) >= 11 is 2.66. The zero-order valence-corrected chi connectivity index (χ0v) is 12.5. The Kier molecular flexibility index (Phi) is 3.72. The van der Waals surface area contributed by atoms with Gasteiger partial charge in [-0.2, -0.15) is 0 Å². The molecule has 0 bridgehead atoms. The zero-order valence-electron chi connectivity index (χ0n) is 10.9. The third-order valence-electron chi connectivity index (χ3n) is 2.84. The Morgan fingerprint density at radius 1 is 1.29 bits per heavy atom. The van der Waals surface area contributed by atoms with Crippen LogP contribution in [0.4, 0.5) is 5.13 Å². The van der Waals surface area contributed by atoms with Crippen molar-refractivity contribution in [3.63, 3.8) is 0 Å². The normalized spacial score (nSPS) is 10.7. The lowest BCUT2D eigenvalue weighted by Crippen LogP contribution is -2.22. The Hall–Kier alpha value is -2.19. The van der Waals surface area contributed by atoms with Crippen molar-refractivity contribution in [2.75, 3.05) is 11.6 Å². The molecule has 0 saturated carbocycles. The van der Waals surface area contributed by atoms with Crippen LogP contribution in [0, 0.1) is 0 Å². The van der Waals surface area contributed by atoms with Gasteiger partial charge in [-0.05, 0) is 12.3 Å². The van der Waals surface area contributed by atoms with Crippen LogP contribution in [0.2, 0.25) is 0 Å². The number of Topliss-reactive ketones (excluding diaryl/α,β-unsaturated/α-hetero) is 1. The fourth-order valence-electron chi connectivity index (χ4n) is 1.88. The molecule has 3 rings (SSSR count). The number of carbonyl (C=O) groups is 2. The fraction of sp³-hybridized carbons (Fsp3) is 0.0769. The number of aromatic nitrogens is 3. The molecule has 2 heterocycles. The van der Waals surface area contributed by atoms with Crippen molar-refractivity contribution >= 4 is 50.8 Å². The van der Waals surface area contributed by atoms with E-state index in [0.29, 0.717) is 10.7 Å². The third kappa shape index (κ3) is 2.67. The van der Waals surface area contributed by atoms with Crippen LogP contribution in [-0.2, 0) is 4.79 Å². The quantitative estimate of drug-likeness (QED) is 0.334. The maximum atomic E-state index is 12.2. The van der Waals surface area contributed by atoms with Gasteiger partial charge in [0.15, 0.2) is 4.34 Å². The lowest BCUT2D eigenvalue weighted by atomic mass is 10.1. The second-order valence-electron chi connectivity index (χ2n) is 4.11. The Balaban J connectivity index is 1.82. The lowest BCUT2D eigenvalue weighted by molar-refractivity contribution is -0.112. The van der Waals surface area contributed by atoms with Crippen molar-refractivity contribution in [1.29, 1.82) is 0 Å². The summed E-state index contributed by atoms with van der Waals surface area (Å²) in [5.41, 5.74) is 1.16. The van der Waals surface area contributed by atoms with Gasteiger partial charge in [0.1, 0.15) is 0 Å². The van der Waals surface area contributed by atoms with Crippen LogP contribution in [-0.4, -0.2) is 33.1 Å². The SMILES string of the molecule is CSc1nnc(NC(=O)C(=O)c2c[nH]c3ccccc23)s1.